The molecule has 0 unspecified atom stereocenters. The molecule has 16 heavy (non-hydrogen) atoms. The summed E-state index contributed by atoms with van der Waals surface area (Å²) in [6.45, 7) is 7.98. The van der Waals surface area contributed by atoms with E-state index >= 15 is 0 Å². The largest absolute Gasteiger partial charge is 0.299 e. The van der Waals surface area contributed by atoms with E-state index in [2.05, 4.69) is 9.97 Å². The molecular formula is C12H18N2OS. The molecule has 0 N–H and O–H groups in total. The summed E-state index contributed by atoms with van der Waals surface area (Å²) in [5.41, 5.74) is 3.13. The highest BCUT2D eigenvalue weighted by Gasteiger charge is 2.07. The summed E-state index contributed by atoms with van der Waals surface area (Å²) >= 11 is 1.43. The molecule has 0 aliphatic rings. The molecule has 0 bridgehead atoms. The van der Waals surface area contributed by atoms with Crippen molar-refractivity contribution in [2.45, 2.75) is 45.7 Å². The van der Waals surface area contributed by atoms with Crippen LogP contribution in [0.2, 0.25) is 0 Å². The third-order valence-electron chi connectivity index (χ3n) is 2.50. The highest BCUT2D eigenvalue weighted by atomic mass is 32.2. The normalized spacial score (nSPS) is 10.5. The van der Waals surface area contributed by atoms with E-state index in [4.69, 9.17) is 0 Å². The summed E-state index contributed by atoms with van der Waals surface area (Å²) in [4.78, 5) is 20.1. The molecule has 4 heteroatoms. The second-order valence-corrected chi connectivity index (χ2v) is 4.82. The summed E-state index contributed by atoms with van der Waals surface area (Å²) in [6, 6.07) is 0. The van der Waals surface area contributed by atoms with E-state index in [1.54, 1.807) is 0 Å². The number of aromatic nitrogens is 2. The first-order valence-corrected chi connectivity index (χ1v) is 6.49. The topological polar surface area (TPSA) is 42.9 Å². The monoisotopic (exact) mass is 238 g/mol. The second-order valence-electron chi connectivity index (χ2n) is 3.88. The third kappa shape index (κ3) is 3.59. The number of Topliss-reactive ketones (excluding diaryl/α,β-unsaturated/α-hetero) is 1. The maximum absolute atomic E-state index is 11.4. The van der Waals surface area contributed by atoms with E-state index < -0.39 is 0 Å². The number of aryl methyl sites for hydroxylation is 2. The number of hydrogen-bond acceptors (Lipinski definition) is 4. The smallest absolute Gasteiger partial charge is 0.188 e. The average Bonchev–Trinajstić information content (AvgIpc) is 2.23. The first kappa shape index (κ1) is 13.2. The van der Waals surface area contributed by atoms with Gasteiger partial charge in [0.05, 0.1) is 5.75 Å². The van der Waals surface area contributed by atoms with Crippen LogP contribution in [0.5, 0.6) is 0 Å². The van der Waals surface area contributed by atoms with Gasteiger partial charge in [0.1, 0.15) is 5.78 Å². The highest BCUT2D eigenvalue weighted by molar-refractivity contribution is 7.99. The maximum Gasteiger partial charge on any atom is 0.188 e. The Hall–Kier alpha value is -0.900. The molecule has 0 aliphatic carbocycles. The second kappa shape index (κ2) is 5.99. The van der Waals surface area contributed by atoms with Crippen molar-refractivity contribution in [3.05, 3.63) is 17.0 Å². The van der Waals surface area contributed by atoms with E-state index in [0.29, 0.717) is 17.3 Å². The molecule has 0 saturated carbocycles. The summed E-state index contributed by atoms with van der Waals surface area (Å²) in [7, 11) is 0. The van der Waals surface area contributed by atoms with E-state index in [-0.39, 0.29) is 5.78 Å². The minimum atomic E-state index is 0.270. The van der Waals surface area contributed by atoms with Gasteiger partial charge in [-0.1, -0.05) is 18.7 Å². The summed E-state index contributed by atoms with van der Waals surface area (Å²) in [5.74, 6) is 0.752. The highest BCUT2D eigenvalue weighted by Crippen LogP contribution is 2.17. The van der Waals surface area contributed by atoms with Crippen molar-refractivity contribution >= 4 is 17.5 Å². The number of carbonyl (C=O) groups excluding carboxylic acids is 1. The van der Waals surface area contributed by atoms with Crippen molar-refractivity contribution in [1.29, 1.82) is 0 Å². The lowest BCUT2D eigenvalue weighted by Gasteiger charge is -2.06. The summed E-state index contributed by atoms with van der Waals surface area (Å²) in [6.07, 6.45) is 1.56. The molecule has 0 radical (unpaired) electrons. The van der Waals surface area contributed by atoms with Gasteiger partial charge in [-0.05, 0) is 32.8 Å². The van der Waals surface area contributed by atoms with Gasteiger partial charge < -0.3 is 0 Å². The Labute approximate surface area is 101 Å². The van der Waals surface area contributed by atoms with Gasteiger partial charge in [-0.3, -0.25) is 4.79 Å². The minimum Gasteiger partial charge on any atom is -0.299 e. The van der Waals surface area contributed by atoms with E-state index in [1.165, 1.54) is 11.8 Å². The fraction of sp³-hybridized carbons (Fsp3) is 0.583. The molecule has 0 aromatic carbocycles. The van der Waals surface area contributed by atoms with Gasteiger partial charge in [0.2, 0.25) is 0 Å². The number of carbonyl (C=O) groups is 1. The zero-order valence-corrected chi connectivity index (χ0v) is 11.1. The van der Waals surface area contributed by atoms with Gasteiger partial charge >= 0.3 is 0 Å². The predicted octanol–water partition coefficient (Wildman–Crippen LogP) is 2.86. The van der Waals surface area contributed by atoms with Crippen LogP contribution in [0, 0.1) is 20.8 Å². The first-order chi connectivity index (χ1) is 7.54. The van der Waals surface area contributed by atoms with E-state index in [1.807, 2.05) is 27.7 Å². The fourth-order valence-electron chi connectivity index (χ4n) is 1.30. The van der Waals surface area contributed by atoms with Crippen LogP contribution in [0.15, 0.2) is 5.16 Å². The van der Waals surface area contributed by atoms with Crippen molar-refractivity contribution in [3.63, 3.8) is 0 Å². The molecular weight excluding hydrogens is 220 g/mol. The summed E-state index contributed by atoms with van der Waals surface area (Å²) < 4.78 is 0. The predicted molar refractivity (Wildman–Crippen MR) is 66.9 cm³/mol. The number of rotatable bonds is 5. The molecule has 1 aromatic heterocycles. The lowest BCUT2D eigenvalue weighted by molar-refractivity contribution is -0.116. The van der Waals surface area contributed by atoms with Gasteiger partial charge in [-0.25, -0.2) is 9.97 Å². The number of hydrogen-bond donors (Lipinski definition) is 0. The number of nitrogens with zero attached hydrogens (tertiary/aromatic N) is 2. The Bertz CT molecular complexity index is 368. The van der Waals surface area contributed by atoms with Gasteiger partial charge in [0.15, 0.2) is 5.16 Å². The Balaban J connectivity index is 2.65. The van der Waals surface area contributed by atoms with Crippen LogP contribution in [0.1, 0.15) is 36.7 Å². The number of thioether (sulfide) groups is 1. The average molecular weight is 238 g/mol. The maximum atomic E-state index is 11.4. The molecule has 3 nitrogen and oxygen atoms in total. The zero-order chi connectivity index (χ0) is 12.1. The quantitative estimate of drug-likeness (QED) is 0.584. The molecule has 1 rings (SSSR count). The minimum absolute atomic E-state index is 0.270. The molecule has 88 valence electrons. The molecule has 0 fully saturated rings. The van der Waals surface area contributed by atoms with E-state index in [0.717, 1.165) is 23.4 Å². The molecule has 1 aromatic rings. The van der Waals surface area contributed by atoms with E-state index in [9.17, 15) is 4.79 Å². The Morgan fingerprint density at radius 2 is 1.75 bits per heavy atom. The van der Waals surface area contributed by atoms with Crippen LogP contribution in [-0.2, 0) is 4.79 Å². The molecule has 1 heterocycles. The molecule has 0 atom stereocenters. The SMILES string of the molecule is CCCC(=O)CSc1nc(C)c(C)c(C)n1. The van der Waals surface area contributed by atoms with Crippen LogP contribution < -0.4 is 0 Å². The molecule has 0 amide bonds. The fourth-order valence-corrected chi connectivity index (χ4v) is 2.14. The van der Waals surface area contributed by atoms with Crippen molar-refractivity contribution in [2.24, 2.45) is 0 Å². The van der Waals surface area contributed by atoms with Gasteiger partial charge in [-0.2, -0.15) is 0 Å². The Morgan fingerprint density at radius 3 is 2.25 bits per heavy atom. The zero-order valence-electron chi connectivity index (χ0n) is 10.3. The lowest BCUT2D eigenvalue weighted by atomic mass is 10.2. The van der Waals surface area contributed by atoms with Crippen molar-refractivity contribution < 1.29 is 4.79 Å². The van der Waals surface area contributed by atoms with Crippen molar-refractivity contribution in [1.82, 2.24) is 9.97 Å². The van der Waals surface area contributed by atoms with Crippen molar-refractivity contribution in [2.75, 3.05) is 5.75 Å². The van der Waals surface area contributed by atoms with Gasteiger partial charge in [-0.15, -0.1) is 0 Å². The lowest BCUT2D eigenvalue weighted by Crippen LogP contribution is -2.03. The summed E-state index contributed by atoms with van der Waals surface area (Å²) in [5, 5.41) is 0.713. The third-order valence-corrected chi connectivity index (χ3v) is 3.41. The van der Waals surface area contributed by atoms with Crippen LogP contribution in [-0.4, -0.2) is 21.5 Å². The first-order valence-electron chi connectivity index (χ1n) is 5.51. The van der Waals surface area contributed by atoms with Crippen molar-refractivity contribution in [3.8, 4) is 0 Å². The van der Waals surface area contributed by atoms with Crippen LogP contribution in [0.3, 0.4) is 0 Å². The van der Waals surface area contributed by atoms with Crippen LogP contribution >= 0.6 is 11.8 Å². The molecule has 0 aliphatic heterocycles. The van der Waals surface area contributed by atoms with Crippen LogP contribution in [0.4, 0.5) is 0 Å². The molecule has 0 saturated heterocycles. The number of ketones is 1. The van der Waals surface area contributed by atoms with Gasteiger partial charge in [0.25, 0.3) is 0 Å². The Morgan fingerprint density at radius 1 is 1.19 bits per heavy atom. The van der Waals surface area contributed by atoms with Crippen LogP contribution in [0.25, 0.3) is 0 Å². The Kier molecular flexibility index (Phi) is 4.93. The standard InChI is InChI=1S/C12H18N2OS/c1-5-6-11(15)7-16-12-13-9(3)8(2)10(4)14-12/h5-7H2,1-4H3. The van der Waals surface area contributed by atoms with Gasteiger partial charge in [0, 0.05) is 17.8 Å². The molecule has 0 spiro atoms.